The van der Waals surface area contributed by atoms with Crippen molar-refractivity contribution in [3.05, 3.63) is 35.9 Å². The molecule has 0 aliphatic carbocycles. The Bertz CT molecular complexity index is 488. The Hall–Kier alpha value is -1.64. The maximum absolute atomic E-state index is 11.5. The molecule has 8 heteroatoms. The molecule has 1 rings (SSSR count). The summed E-state index contributed by atoms with van der Waals surface area (Å²) in [7, 11) is -3.04. The molecule has 1 aromatic carbocycles. The van der Waals surface area contributed by atoms with E-state index in [0.717, 1.165) is 7.11 Å². The minimum absolute atomic E-state index is 0.438. The van der Waals surface area contributed by atoms with Crippen LogP contribution in [-0.4, -0.2) is 33.3 Å². The van der Waals surface area contributed by atoms with Gasteiger partial charge in [0.15, 0.2) is 0 Å². The van der Waals surface area contributed by atoms with Crippen molar-refractivity contribution in [3.8, 4) is 0 Å². The van der Waals surface area contributed by atoms with E-state index >= 15 is 0 Å². The van der Waals surface area contributed by atoms with E-state index in [2.05, 4.69) is 9.46 Å². The summed E-state index contributed by atoms with van der Waals surface area (Å²) in [5.41, 5.74) is 0.579. The van der Waals surface area contributed by atoms with E-state index in [1.165, 1.54) is 0 Å². The van der Waals surface area contributed by atoms with Crippen LogP contribution in [0.1, 0.15) is 11.6 Å². The molecule has 0 aromatic heterocycles. The highest BCUT2D eigenvalue weighted by Crippen LogP contribution is 2.12. The summed E-state index contributed by atoms with van der Waals surface area (Å²) in [5.74, 6) is 0. The van der Waals surface area contributed by atoms with Crippen molar-refractivity contribution < 1.29 is 23.1 Å². The zero-order chi connectivity index (χ0) is 13.6. The molecule has 0 spiro atoms. The molecule has 0 aliphatic rings. The summed E-state index contributed by atoms with van der Waals surface area (Å²) in [4.78, 5) is 10.8. The predicted octanol–water partition coefficient (Wildman–Crippen LogP) is -0.0896. The second-order valence-electron chi connectivity index (χ2n) is 3.36. The molecule has 18 heavy (non-hydrogen) atoms. The molecule has 1 aromatic rings. The number of aliphatic hydroxyl groups is 1. The van der Waals surface area contributed by atoms with E-state index in [1.807, 2.05) is 0 Å². The number of benzene rings is 1. The number of carbonyl (C=O) groups is 1. The van der Waals surface area contributed by atoms with Gasteiger partial charge in [-0.05, 0) is 5.56 Å². The van der Waals surface area contributed by atoms with Crippen LogP contribution in [0.25, 0.3) is 0 Å². The number of aliphatic hydroxyl groups excluding tert-OH is 1. The van der Waals surface area contributed by atoms with E-state index in [1.54, 1.807) is 35.1 Å². The molecule has 7 nitrogen and oxygen atoms in total. The van der Waals surface area contributed by atoms with Gasteiger partial charge in [-0.3, -0.25) is 0 Å². The first-order chi connectivity index (χ1) is 8.48. The number of methoxy groups -OCH3 is 1. The second kappa shape index (κ2) is 6.34. The Morgan fingerprint density at radius 1 is 1.39 bits per heavy atom. The normalized spacial score (nSPS) is 12.8. The molecule has 1 atom stereocenters. The Kier molecular flexibility index (Phi) is 5.08. The quantitative estimate of drug-likeness (QED) is 0.696. The van der Waals surface area contributed by atoms with E-state index in [9.17, 15) is 13.2 Å². The zero-order valence-corrected chi connectivity index (χ0v) is 10.5. The van der Waals surface area contributed by atoms with Gasteiger partial charge in [0, 0.05) is 0 Å². The van der Waals surface area contributed by atoms with Crippen molar-refractivity contribution in [1.82, 2.24) is 9.44 Å². The third kappa shape index (κ3) is 4.32. The van der Waals surface area contributed by atoms with Crippen molar-refractivity contribution in [2.45, 2.75) is 6.04 Å². The maximum atomic E-state index is 11.5. The number of ether oxygens (including phenoxy) is 1. The van der Waals surface area contributed by atoms with Crippen LogP contribution in [0.2, 0.25) is 0 Å². The van der Waals surface area contributed by atoms with Crippen molar-refractivity contribution >= 4 is 16.3 Å². The summed E-state index contributed by atoms with van der Waals surface area (Å²) in [5, 5.41) is 9.16. The predicted molar refractivity (Wildman–Crippen MR) is 63.9 cm³/mol. The fourth-order valence-electron chi connectivity index (χ4n) is 1.26. The average Bonchev–Trinajstić information content (AvgIpc) is 2.36. The van der Waals surface area contributed by atoms with Crippen LogP contribution in [0.4, 0.5) is 4.79 Å². The van der Waals surface area contributed by atoms with Crippen LogP contribution in [0.5, 0.6) is 0 Å². The van der Waals surface area contributed by atoms with Gasteiger partial charge in [0.1, 0.15) is 0 Å². The van der Waals surface area contributed by atoms with Crippen LogP contribution < -0.4 is 9.44 Å². The van der Waals surface area contributed by atoms with Crippen LogP contribution in [0.15, 0.2) is 30.3 Å². The van der Waals surface area contributed by atoms with E-state index < -0.39 is 29.0 Å². The van der Waals surface area contributed by atoms with Gasteiger partial charge in [0.25, 0.3) is 0 Å². The van der Waals surface area contributed by atoms with Crippen molar-refractivity contribution in [2.75, 3.05) is 13.7 Å². The highest BCUT2D eigenvalue weighted by Gasteiger charge is 2.20. The molecule has 0 fully saturated rings. The largest absolute Gasteiger partial charge is 0.452 e. The Morgan fingerprint density at radius 2 is 2.00 bits per heavy atom. The van der Waals surface area contributed by atoms with E-state index in [4.69, 9.17) is 5.11 Å². The molecule has 0 unspecified atom stereocenters. The fourth-order valence-corrected chi connectivity index (χ4v) is 2.21. The highest BCUT2D eigenvalue weighted by molar-refractivity contribution is 7.88. The molecule has 1 amide bonds. The topological polar surface area (TPSA) is 105 Å². The minimum atomic E-state index is -4.09. The maximum Gasteiger partial charge on any atom is 0.421 e. The molecule has 0 heterocycles. The molecular formula is C10H14N2O5S. The first-order valence-corrected chi connectivity index (χ1v) is 6.50. The number of nitrogens with one attached hydrogen (secondary N) is 2. The lowest BCUT2D eigenvalue weighted by Gasteiger charge is -2.16. The van der Waals surface area contributed by atoms with Gasteiger partial charge in [-0.2, -0.15) is 13.1 Å². The van der Waals surface area contributed by atoms with Gasteiger partial charge >= 0.3 is 16.3 Å². The van der Waals surface area contributed by atoms with Crippen LogP contribution in [0.3, 0.4) is 0 Å². The Balaban J connectivity index is 2.78. The summed E-state index contributed by atoms with van der Waals surface area (Å²) in [6.45, 7) is -0.438. The molecule has 0 radical (unpaired) electrons. The number of carbonyl (C=O) groups excluding carboxylic acids is 1. The molecular weight excluding hydrogens is 260 g/mol. The van der Waals surface area contributed by atoms with Gasteiger partial charge < -0.3 is 9.84 Å². The third-order valence-electron chi connectivity index (χ3n) is 2.09. The van der Waals surface area contributed by atoms with Crippen LogP contribution in [0, 0.1) is 0 Å². The SMILES string of the molecule is COC(=O)NS(=O)(=O)N[C@@H](CO)c1ccccc1. The summed E-state index contributed by atoms with van der Waals surface area (Å²) in [6.07, 6.45) is -1.10. The van der Waals surface area contributed by atoms with Gasteiger partial charge in [-0.25, -0.2) is 9.52 Å². The van der Waals surface area contributed by atoms with Crippen molar-refractivity contribution in [3.63, 3.8) is 0 Å². The van der Waals surface area contributed by atoms with E-state index in [0.29, 0.717) is 5.56 Å². The Morgan fingerprint density at radius 3 is 2.50 bits per heavy atom. The number of rotatable bonds is 5. The lowest BCUT2D eigenvalue weighted by molar-refractivity contribution is 0.177. The van der Waals surface area contributed by atoms with Gasteiger partial charge in [-0.1, -0.05) is 30.3 Å². The van der Waals surface area contributed by atoms with Gasteiger partial charge in [-0.15, -0.1) is 0 Å². The van der Waals surface area contributed by atoms with Crippen molar-refractivity contribution in [1.29, 1.82) is 0 Å². The molecule has 100 valence electrons. The molecule has 3 N–H and O–H groups in total. The molecule has 0 aliphatic heterocycles. The first kappa shape index (κ1) is 14.4. The average molecular weight is 274 g/mol. The standard InChI is InChI=1S/C10H14N2O5S/c1-17-10(14)12-18(15,16)11-9(7-13)8-5-3-2-4-6-8/h2-6,9,11,13H,7H2,1H3,(H,12,14)/t9-/m0/s1. The van der Waals surface area contributed by atoms with Crippen LogP contribution >= 0.6 is 0 Å². The summed E-state index contributed by atoms with van der Waals surface area (Å²) < 4.78 is 31.0. The van der Waals surface area contributed by atoms with E-state index in [-0.39, 0.29) is 0 Å². The summed E-state index contributed by atoms with van der Waals surface area (Å²) >= 11 is 0. The molecule has 0 saturated heterocycles. The van der Waals surface area contributed by atoms with Crippen molar-refractivity contribution in [2.24, 2.45) is 0 Å². The zero-order valence-electron chi connectivity index (χ0n) is 9.66. The molecule has 0 saturated carbocycles. The smallest absolute Gasteiger partial charge is 0.421 e. The highest BCUT2D eigenvalue weighted by atomic mass is 32.2. The third-order valence-corrected chi connectivity index (χ3v) is 3.12. The first-order valence-electron chi connectivity index (χ1n) is 5.02. The molecule has 0 bridgehead atoms. The van der Waals surface area contributed by atoms with Crippen LogP contribution in [-0.2, 0) is 14.9 Å². The minimum Gasteiger partial charge on any atom is -0.452 e. The summed E-state index contributed by atoms with van der Waals surface area (Å²) in [6, 6.07) is 7.65. The lowest BCUT2D eigenvalue weighted by Crippen LogP contribution is -2.42. The number of hydrogen-bond donors (Lipinski definition) is 3. The lowest BCUT2D eigenvalue weighted by atomic mass is 10.1. The number of amides is 1. The fraction of sp³-hybridized carbons (Fsp3) is 0.300. The second-order valence-corrected chi connectivity index (χ2v) is 4.81. The number of hydrogen-bond acceptors (Lipinski definition) is 5. The monoisotopic (exact) mass is 274 g/mol. The van der Waals surface area contributed by atoms with Gasteiger partial charge in [0.05, 0.1) is 19.8 Å². The van der Waals surface area contributed by atoms with Gasteiger partial charge in [0.2, 0.25) is 0 Å². The Labute approximate surface area is 105 Å².